The summed E-state index contributed by atoms with van der Waals surface area (Å²) in [5.74, 6) is -0.502. The molecule has 1 aliphatic heterocycles. The molecule has 1 aromatic carbocycles. The summed E-state index contributed by atoms with van der Waals surface area (Å²) in [4.78, 5) is 12.5. The van der Waals surface area contributed by atoms with E-state index in [4.69, 9.17) is 11.6 Å². The van der Waals surface area contributed by atoms with Gasteiger partial charge in [-0.15, -0.1) is 11.3 Å². The number of nitrogens with one attached hydrogen (secondary N) is 1. The third-order valence-electron chi connectivity index (χ3n) is 3.25. The van der Waals surface area contributed by atoms with Gasteiger partial charge in [-0.1, -0.05) is 17.7 Å². The van der Waals surface area contributed by atoms with Crippen LogP contribution in [0.25, 0.3) is 0 Å². The van der Waals surface area contributed by atoms with Crippen molar-refractivity contribution in [3.63, 3.8) is 0 Å². The normalized spacial score (nSPS) is 18.4. The number of carbonyl (C=O) groups excluding carboxylic acids is 1. The highest BCUT2D eigenvalue weighted by Gasteiger charge is 2.39. The summed E-state index contributed by atoms with van der Waals surface area (Å²) in [5.41, 5.74) is 1.01. The van der Waals surface area contributed by atoms with Gasteiger partial charge in [0.05, 0.1) is 5.69 Å². The Bertz CT molecular complexity index is 887. The van der Waals surface area contributed by atoms with Crippen molar-refractivity contribution in [3.8, 4) is 0 Å². The fraction of sp³-hybridized carbons (Fsp3) is 0.0714. The molecule has 2 aromatic rings. The van der Waals surface area contributed by atoms with Crippen molar-refractivity contribution in [1.82, 2.24) is 0 Å². The number of Topliss-reactive ketones (excluding diaryl/α,β-unsaturated/α-hetero) is 1. The Hall–Kier alpha value is -1.83. The fourth-order valence-corrected chi connectivity index (χ4v) is 4.53. The van der Waals surface area contributed by atoms with Crippen LogP contribution < -0.4 is 9.62 Å². The van der Waals surface area contributed by atoms with E-state index in [1.165, 1.54) is 24.6 Å². The van der Waals surface area contributed by atoms with Gasteiger partial charge in [0.15, 0.2) is 4.91 Å². The number of fused-ring (bicyclic) bond motifs is 1. The Kier molecular flexibility index (Phi) is 3.72. The summed E-state index contributed by atoms with van der Waals surface area (Å²) in [6.07, 6.45) is 1.21. The topological polar surface area (TPSA) is 66.5 Å². The summed E-state index contributed by atoms with van der Waals surface area (Å²) >= 11 is 7.09. The molecule has 1 aromatic heterocycles. The van der Waals surface area contributed by atoms with Crippen molar-refractivity contribution < 1.29 is 13.2 Å². The van der Waals surface area contributed by atoms with Gasteiger partial charge in [0, 0.05) is 24.0 Å². The van der Waals surface area contributed by atoms with Gasteiger partial charge in [0.2, 0.25) is 5.78 Å². The van der Waals surface area contributed by atoms with E-state index in [0.29, 0.717) is 21.3 Å². The Morgan fingerprint density at radius 2 is 2.09 bits per heavy atom. The average Bonchev–Trinajstić information content (AvgIpc) is 2.94. The average molecular weight is 355 g/mol. The molecule has 1 N–H and O–H groups in total. The zero-order chi connectivity index (χ0) is 15.9. The number of halogens is 1. The number of rotatable bonds is 2. The third-order valence-corrected chi connectivity index (χ3v) is 6.16. The molecular weight excluding hydrogens is 344 g/mol. The van der Waals surface area contributed by atoms with Crippen LogP contribution in [0.3, 0.4) is 0 Å². The largest absolute Gasteiger partial charge is 0.360 e. The molecule has 5 nitrogen and oxygen atoms in total. The first-order valence-corrected chi connectivity index (χ1v) is 8.94. The van der Waals surface area contributed by atoms with Gasteiger partial charge in [0.1, 0.15) is 4.88 Å². The van der Waals surface area contributed by atoms with E-state index in [2.05, 4.69) is 5.32 Å². The monoisotopic (exact) mass is 354 g/mol. The number of sulfonamides is 1. The molecule has 0 bridgehead atoms. The van der Waals surface area contributed by atoms with E-state index in [0.717, 1.165) is 4.31 Å². The van der Waals surface area contributed by atoms with Crippen LogP contribution in [0.2, 0.25) is 5.02 Å². The maximum absolute atomic E-state index is 12.4. The van der Waals surface area contributed by atoms with Crippen LogP contribution in [-0.2, 0) is 10.0 Å². The van der Waals surface area contributed by atoms with E-state index in [9.17, 15) is 13.2 Å². The number of ketones is 1. The second-order valence-corrected chi connectivity index (χ2v) is 7.89. The number of anilines is 2. The molecule has 0 aliphatic carbocycles. The third kappa shape index (κ3) is 2.41. The summed E-state index contributed by atoms with van der Waals surface area (Å²) in [6.45, 7) is 0. The first-order valence-electron chi connectivity index (χ1n) is 6.24. The number of benzene rings is 1. The highest BCUT2D eigenvalue weighted by molar-refractivity contribution is 7.97. The van der Waals surface area contributed by atoms with Gasteiger partial charge in [0.25, 0.3) is 10.0 Å². The van der Waals surface area contributed by atoms with E-state index in [1.54, 1.807) is 35.7 Å². The lowest BCUT2D eigenvalue weighted by Gasteiger charge is -2.25. The molecule has 0 amide bonds. The lowest BCUT2D eigenvalue weighted by atomic mass is 10.2. The van der Waals surface area contributed by atoms with Crippen LogP contribution in [-0.4, -0.2) is 21.2 Å². The predicted octanol–water partition coefficient (Wildman–Crippen LogP) is 3.32. The SMILES string of the molecule is CN1c2ccsc2C(=O)C(=CNc2cccc(Cl)c2)S1(=O)=O. The van der Waals surface area contributed by atoms with Gasteiger partial charge in [-0.2, -0.15) is 0 Å². The molecule has 8 heteroatoms. The van der Waals surface area contributed by atoms with E-state index in [-0.39, 0.29) is 4.91 Å². The Morgan fingerprint density at radius 3 is 2.82 bits per heavy atom. The molecule has 0 saturated carbocycles. The van der Waals surface area contributed by atoms with Crippen molar-refractivity contribution in [2.24, 2.45) is 0 Å². The van der Waals surface area contributed by atoms with Gasteiger partial charge in [-0.05, 0) is 29.6 Å². The van der Waals surface area contributed by atoms with Crippen molar-refractivity contribution in [3.05, 3.63) is 56.7 Å². The second-order valence-electron chi connectivity index (χ2n) is 4.60. The number of hydrogen-bond acceptors (Lipinski definition) is 5. The number of thiophene rings is 1. The zero-order valence-corrected chi connectivity index (χ0v) is 13.8. The highest BCUT2D eigenvalue weighted by Crippen LogP contribution is 2.37. The molecule has 22 heavy (non-hydrogen) atoms. The number of hydrogen-bond donors (Lipinski definition) is 1. The molecule has 0 radical (unpaired) electrons. The molecule has 114 valence electrons. The first kappa shape index (κ1) is 15.1. The smallest absolute Gasteiger partial charge is 0.269 e. The minimum absolute atomic E-state index is 0.287. The van der Waals surface area contributed by atoms with Gasteiger partial charge in [-0.25, -0.2) is 8.42 Å². The molecule has 0 fully saturated rings. The van der Waals surface area contributed by atoms with Crippen molar-refractivity contribution in [1.29, 1.82) is 0 Å². The summed E-state index contributed by atoms with van der Waals surface area (Å²) in [7, 11) is -2.43. The Labute approximate surface area is 136 Å². The minimum atomic E-state index is -3.86. The quantitative estimate of drug-likeness (QED) is 0.840. The predicted molar refractivity (Wildman–Crippen MR) is 89.1 cm³/mol. The van der Waals surface area contributed by atoms with E-state index >= 15 is 0 Å². The Balaban J connectivity index is 2.03. The lowest BCUT2D eigenvalue weighted by Crippen LogP contribution is -2.35. The van der Waals surface area contributed by atoms with Gasteiger partial charge < -0.3 is 5.32 Å². The number of nitrogens with zero attached hydrogens (tertiary/aromatic N) is 1. The zero-order valence-electron chi connectivity index (χ0n) is 11.4. The Morgan fingerprint density at radius 1 is 1.32 bits per heavy atom. The summed E-state index contributed by atoms with van der Waals surface area (Å²) in [5, 5.41) is 5.03. The standard InChI is InChI=1S/C14H11ClN2O3S2/c1-17-11-5-6-21-14(11)13(18)12(22(17,19)20)8-16-10-4-2-3-9(15)7-10/h2-8,16H,1H3. The van der Waals surface area contributed by atoms with Crippen molar-refractivity contribution >= 4 is 50.1 Å². The summed E-state index contributed by atoms with van der Waals surface area (Å²) in [6, 6.07) is 8.41. The van der Waals surface area contributed by atoms with Crippen LogP contribution in [0, 0.1) is 0 Å². The molecule has 0 atom stereocenters. The van der Waals surface area contributed by atoms with Crippen LogP contribution in [0.1, 0.15) is 9.67 Å². The molecule has 0 unspecified atom stereocenters. The van der Waals surface area contributed by atoms with Crippen LogP contribution in [0.15, 0.2) is 46.8 Å². The highest BCUT2D eigenvalue weighted by atomic mass is 35.5. The van der Waals surface area contributed by atoms with Crippen LogP contribution in [0.4, 0.5) is 11.4 Å². The van der Waals surface area contributed by atoms with Crippen LogP contribution >= 0.6 is 22.9 Å². The van der Waals surface area contributed by atoms with Crippen LogP contribution in [0.5, 0.6) is 0 Å². The maximum atomic E-state index is 12.4. The lowest BCUT2D eigenvalue weighted by molar-refractivity contribution is 0.104. The fourth-order valence-electron chi connectivity index (χ4n) is 2.09. The van der Waals surface area contributed by atoms with E-state index < -0.39 is 15.8 Å². The molecule has 1 aliphatic rings. The van der Waals surface area contributed by atoms with Crippen molar-refractivity contribution in [2.45, 2.75) is 0 Å². The molecule has 2 heterocycles. The first-order chi connectivity index (χ1) is 10.4. The number of allylic oxidation sites excluding steroid dienone is 1. The molecule has 0 spiro atoms. The van der Waals surface area contributed by atoms with Gasteiger partial charge >= 0.3 is 0 Å². The van der Waals surface area contributed by atoms with E-state index in [1.807, 2.05) is 0 Å². The molecule has 3 rings (SSSR count). The van der Waals surface area contributed by atoms with Gasteiger partial charge in [-0.3, -0.25) is 9.10 Å². The summed E-state index contributed by atoms with van der Waals surface area (Å²) < 4.78 is 26.0. The van der Waals surface area contributed by atoms with Crippen molar-refractivity contribution in [2.75, 3.05) is 16.7 Å². The minimum Gasteiger partial charge on any atom is -0.360 e. The second kappa shape index (κ2) is 5.42. The molecule has 0 saturated heterocycles. The maximum Gasteiger partial charge on any atom is 0.269 e. The molecular formula is C14H11ClN2O3S2. The number of carbonyl (C=O) groups is 1.